The number of halogens is 1. The molecule has 0 radical (unpaired) electrons. The maximum atomic E-state index is 13.3. The molecule has 4 rings (SSSR count). The van der Waals surface area contributed by atoms with Gasteiger partial charge in [0.2, 0.25) is 0 Å². The standard InChI is InChI=1S/C21H20FN5O2/c1-23-21(29)25-15-5-2-4-14(12-15)24-20(28)19-17-6-3-7-18(17)27(26-19)16-10-8-13(22)9-11-16/h2,4-5,8-12H,3,6-7H2,1H3,(H,24,28)(H2,23,25,29). The summed E-state index contributed by atoms with van der Waals surface area (Å²) in [7, 11) is 1.53. The number of carbonyl (C=O) groups is 2. The number of carbonyl (C=O) groups excluding carboxylic acids is 2. The van der Waals surface area contributed by atoms with E-state index in [0.717, 1.165) is 36.2 Å². The summed E-state index contributed by atoms with van der Waals surface area (Å²) in [5, 5.41) is 12.5. The summed E-state index contributed by atoms with van der Waals surface area (Å²) < 4.78 is 15.0. The van der Waals surface area contributed by atoms with Gasteiger partial charge >= 0.3 is 6.03 Å². The molecule has 0 fully saturated rings. The number of hydrogen-bond acceptors (Lipinski definition) is 3. The minimum absolute atomic E-state index is 0.318. The van der Waals surface area contributed by atoms with E-state index in [1.54, 1.807) is 41.1 Å². The van der Waals surface area contributed by atoms with Crippen molar-refractivity contribution in [3.63, 3.8) is 0 Å². The van der Waals surface area contributed by atoms with Gasteiger partial charge in [-0.15, -0.1) is 0 Å². The number of aromatic nitrogens is 2. The van der Waals surface area contributed by atoms with Gasteiger partial charge in [-0.05, 0) is 61.7 Å². The van der Waals surface area contributed by atoms with Crippen molar-refractivity contribution in [3.05, 3.63) is 71.3 Å². The Labute approximate surface area is 166 Å². The summed E-state index contributed by atoms with van der Waals surface area (Å²) in [4.78, 5) is 24.4. The van der Waals surface area contributed by atoms with Crippen LogP contribution >= 0.6 is 0 Å². The number of amides is 3. The lowest BCUT2D eigenvalue weighted by Crippen LogP contribution is -2.24. The van der Waals surface area contributed by atoms with Crippen molar-refractivity contribution in [2.45, 2.75) is 19.3 Å². The van der Waals surface area contributed by atoms with Crippen LogP contribution in [0, 0.1) is 5.82 Å². The molecule has 0 aliphatic heterocycles. The molecule has 3 N–H and O–H groups in total. The van der Waals surface area contributed by atoms with E-state index in [0.29, 0.717) is 17.1 Å². The van der Waals surface area contributed by atoms with Gasteiger partial charge in [-0.2, -0.15) is 5.10 Å². The van der Waals surface area contributed by atoms with Crippen LogP contribution in [0.1, 0.15) is 28.2 Å². The molecule has 0 saturated heterocycles. The topological polar surface area (TPSA) is 88.1 Å². The number of anilines is 2. The number of urea groups is 1. The molecule has 2 aromatic carbocycles. The van der Waals surface area contributed by atoms with Crippen molar-refractivity contribution in [3.8, 4) is 5.69 Å². The third kappa shape index (κ3) is 3.82. The van der Waals surface area contributed by atoms with Gasteiger partial charge in [0.05, 0.1) is 5.69 Å². The van der Waals surface area contributed by atoms with Crippen molar-refractivity contribution >= 4 is 23.3 Å². The lowest BCUT2D eigenvalue weighted by molar-refractivity contribution is 0.102. The highest BCUT2D eigenvalue weighted by Crippen LogP contribution is 2.28. The molecule has 29 heavy (non-hydrogen) atoms. The lowest BCUT2D eigenvalue weighted by atomic mass is 10.2. The first kappa shape index (κ1) is 18.7. The predicted molar refractivity (Wildman–Crippen MR) is 108 cm³/mol. The van der Waals surface area contributed by atoms with Gasteiger partial charge in [0, 0.05) is 29.7 Å². The summed E-state index contributed by atoms with van der Waals surface area (Å²) >= 11 is 0. The summed E-state index contributed by atoms with van der Waals surface area (Å²) in [5.41, 5.74) is 4.10. The first-order valence-corrected chi connectivity index (χ1v) is 9.32. The van der Waals surface area contributed by atoms with Gasteiger partial charge in [-0.25, -0.2) is 13.9 Å². The number of nitrogens with zero attached hydrogens (tertiary/aromatic N) is 2. The van der Waals surface area contributed by atoms with Gasteiger partial charge in [0.15, 0.2) is 5.69 Å². The molecule has 0 atom stereocenters. The molecule has 0 saturated carbocycles. The van der Waals surface area contributed by atoms with E-state index in [-0.39, 0.29) is 17.8 Å². The third-order valence-electron chi connectivity index (χ3n) is 4.82. The Morgan fingerprint density at radius 1 is 1.03 bits per heavy atom. The maximum absolute atomic E-state index is 13.3. The SMILES string of the molecule is CNC(=O)Nc1cccc(NC(=O)c2nn(-c3ccc(F)cc3)c3c2CCC3)c1. The first-order valence-electron chi connectivity index (χ1n) is 9.32. The molecule has 1 aliphatic rings. The minimum atomic E-state index is -0.343. The lowest BCUT2D eigenvalue weighted by Gasteiger charge is -2.08. The molecule has 1 heterocycles. The number of benzene rings is 2. The zero-order chi connectivity index (χ0) is 20.4. The Bertz CT molecular complexity index is 1080. The molecule has 148 valence electrons. The van der Waals surface area contributed by atoms with Crippen molar-refractivity contribution in [2.75, 3.05) is 17.7 Å². The Hall–Kier alpha value is -3.68. The molecule has 7 nitrogen and oxygen atoms in total. The molecule has 0 spiro atoms. The van der Waals surface area contributed by atoms with Crippen LogP contribution < -0.4 is 16.0 Å². The summed E-state index contributed by atoms with van der Waals surface area (Å²) in [5.74, 6) is -0.637. The maximum Gasteiger partial charge on any atom is 0.318 e. The van der Waals surface area contributed by atoms with E-state index in [9.17, 15) is 14.0 Å². The predicted octanol–water partition coefficient (Wildman–Crippen LogP) is 3.50. The van der Waals surface area contributed by atoms with Gasteiger partial charge in [-0.3, -0.25) is 4.79 Å². The Morgan fingerprint density at radius 2 is 1.76 bits per heavy atom. The molecule has 0 unspecified atom stereocenters. The summed E-state index contributed by atoms with van der Waals surface area (Å²) in [6.07, 6.45) is 2.54. The smallest absolute Gasteiger partial charge is 0.318 e. The Balaban J connectivity index is 1.60. The van der Waals surface area contributed by atoms with E-state index in [1.165, 1.54) is 19.2 Å². The molecule has 3 amide bonds. The fourth-order valence-electron chi connectivity index (χ4n) is 3.47. The van der Waals surface area contributed by atoms with E-state index >= 15 is 0 Å². The van der Waals surface area contributed by atoms with Crippen molar-refractivity contribution in [2.24, 2.45) is 0 Å². The highest BCUT2D eigenvalue weighted by atomic mass is 19.1. The number of fused-ring (bicyclic) bond motifs is 1. The highest BCUT2D eigenvalue weighted by Gasteiger charge is 2.27. The van der Waals surface area contributed by atoms with Crippen LogP contribution in [0.15, 0.2) is 48.5 Å². The van der Waals surface area contributed by atoms with Crippen molar-refractivity contribution < 1.29 is 14.0 Å². The molecular formula is C21H20FN5O2. The molecule has 0 bridgehead atoms. The molecule has 8 heteroatoms. The van der Waals surface area contributed by atoms with Gasteiger partial charge in [-0.1, -0.05) is 6.07 Å². The molecule has 1 aliphatic carbocycles. The summed E-state index contributed by atoms with van der Waals surface area (Å²) in [6, 6.07) is 12.6. The average Bonchev–Trinajstić information content (AvgIpc) is 3.31. The van der Waals surface area contributed by atoms with Crippen LogP contribution in [0.25, 0.3) is 5.69 Å². The number of rotatable bonds is 4. The number of hydrogen-bond donors (Lipinski definition) is 3. The largest absolute Gasteiger partial charge is 0.341 e. The van der Waals surface area contributed by atoms with Crippen molar-refractivity contribution in [1.29, 1.82) is 0 Å². The van der Waals surface area contributed by atoms with E-state index in [2.05, 4.69) is 21.0 Å². The number of nitrogens with one attached hydrogen (secondary N) is 3. The monoisotopic (exact) mass is 393 g/mol. The molecule has 1 aromatic heterocycles. The second-order valence-corrected chi connectivity index (χ2v) is 6.75. The van der Waals surface area contributed by atoms with Gasteiger partial charge in [0.1, 0.15) is 5.82 Å². The Kier molecular flexibility index (Phi) is 4.99. The van der Waals surface area contributed by atoms with Crippen LogP contribution in [-0.2, 0) is 12.8 Å². The van der Waals surface area contributed by atoms with Gasteiger partial charge in [0.25, 0.3) is 5.91 Å². The molecule has 3 aromatic rings. The third-order valence-corrected chi connectivity index (χ3v) is 4.82. The van der Waals surface area contributed by atoms with Crippen LogP contribution in [0.5, 0.6) is 0 Å². The first-order chi connectivity index (χ1) is 14.0. The van der Waals surface area contributed by atoms with E-state index < -0.39 is 0 Å². The fourth-order valence-corrected chi connectivity index (χ4v) is 3.47. The van der Waals surface area contributed by atoms with Crippen molar-refractivity contribution in [1.82, 2.24) is 15.1 Å². The zero-order valence-corrected chi connectivity index (χ0v) is 15.8. The highest BCUT2D eigenvalue weighted by molar-refractivity contribution is 6.04. The van der Waals surface area contributed by atoms with Crippen LogP contribution in [0.4, 0.5) is 20.6 Å². The Morgan fingerprint density at radius 3 is 2.48 bits per heavy atom. The normalized spacial score (nSPS) is 12.3. The second-order valence-electron chi connectivity index (χ2n) is 6.75. The zero-order valence-electron chi connectivity index (χ0n) is 15.8. The fraction of sp³-hybridized carbons (Fsp3) is 0.190. The van der Waals surface area contributed by atoms with E-state index in [1.807, 2.05) is 0 Å². The average molecular weight is 393 g/mol. The quantitative estimate of drug-likeness (QED) is 0.634. The summed E-state index contributed by atoms with van der Waals surface area (Å²) in [6.45, 7) is 0. The minimum Gasteiger partial charge on any atom is -0.341 e. The van der Waals surface area contributed by atoms with Gasteiger partial charge < -0.3 is 16.0 Å². The van der Waals surface area contributed by atoms with E-state index in [4.69, 9.17) is 0 Å². The van der Waals surface area contributed by atoms with Crippen LogP contribution in [0.3, 0.4) is 0 Å². The van der Waals surface area contributed by atoms with Crippen LogP contribution in [-0.4, -0.2) is 28.8 Å². The molecular weight excluding hydrogens is 373 g/mol. The van der Waals surface area contributed by atoms with Crippen LogP contribution in [0.2, 0.25) is 0 Å². The second kappa shape index (κ2) is 7.75.